The van der Waals surface area contributed by atoms with E-state index in [2.05, 4.69) is 54.4 Å². The van der Waals surface area contributed by atoms with Gasteiger partial charge in [0, 0.05) is 0 Å². The molecule has 0 bridgehead atoms. The van der Waals surface area contributed by atoms with Crippen molar-refractivity contribution in [1.29, 1.82) is 0 Å². The smallest absolute Gasteiger partial charge is 0.0346 e. The Kier molecular flexibility index (Phi) is 474. The first-order chi connectivity index (χ1) is 13.1. The third-order valence-corrected chi connectivity index (χ3v) is 2.72. The normalized spacial score (nSPS) is 6.81. The van der Waals surface area contributed by atoms with Crippen molar-refractivity contribution in [3.05, 3.63) is 24.0 Å². The minimum absolute atomic E-state index is 0.998. The van der Waals surface area contributed by atoms with Crippen LogP contribution < -0.4 is 0 Å². The van der Waals surface area contributed by atoms with Crippen LogP contribution in [0.5, 0.6) is 0 Å². The van der Waals surface area contributed by atoms with E-state index in [9.17, 15) is 0 Å². The van der Waals surface area contributed by atoms with Crippen LogP contribution in [-0.4, -0.2) is 6.66 Å². The van der Waals surface area contributed by atoms with Gasteiger partial charge in [-0.05, 0) is 26.9 Å². The van der Waals surface area contributed by atoms with E-state index >= 15 is 0 Å². The number of rotatable bonds is 2. The highest BCUT2D eigenvalue weighted by molar-refractivity contribution is 7.42. The molecule has 0 aromatic rings. The second kappa shape index (κ2) is 203. The monoisotopic (exact) mass is 413 g/mol. The van der Waals surface area contributed by atoms with Gasteiger partial charge in [0.1, 0.15) is 0 Å². The minimum Gasteiger partial charge on any atom is -0.106 e. The number of hydrogen-bond acceptors (Lipinski definition) is 0. The molecule has 0 rings (SSSR count). The maximum absolute atomic E-state index is 3.00. The van der Waals surface area contributed by atoms with Crippen LogP contribution in [0, 0.1) is 0 Å². The lowest BCUT2D eigenvalue weighted by atomic mass is 10.2. The molecule has 27 heavy (non-hydrogen) atoms. The van der Waals surface area contributed by atoms with Gasteiger partial charge in [-0.2, -0.15) is 0 Å². The third kappa shape index (κ3) is 237. The van der Waals surface area contributed by atoms with E-state index in [0.29, 0.717) is 0 Å². The highest BCUT2D eigenvalue weighted by atomic mass is 31.1. The zero-order valence-corrected chi connectivity index (χ0v) is 25.3. The summed E-state index contributed by atoms with van der Waals surface area (Å²) in [5.41, 5.74) is 1.56. The van der Waals surface area contributed by atoms with Gasteiger partial charge in [-0.3, -0.25) is 0 Å². The lowest BCUT2D eigenvalue weighted by Crippen LogP contribution is -1.73. The Morgan fingerprint density at radius 1 is 0.556 bits per heavy atom. The Hall–Kier alpha value is -0.0900. The van der Waals surface area contributed by atoms with Gasteiger partial charge in [-0.15, -0.1) is 13.2 Å². The van der Waals surface area contributed by atoms with Gasteiger partial charge in [0.15, 0.2) is 0 Å². The molecular formula is C26H69P. The van der Waals surface area contributed by atoms with E-state index in [4.69, 9.17) is 0 Å². The van der Waals surface area contributed by atoms with Crippen LogP contribution in [0.1, 0.15) is 144 Å². The van der Waals surface area contributed by atoms with Crippen molar-refractivity contribution < 1.29 is 0 Å². The molecule has 1 atom stereocenters. The van der Waals surface area contributed by atoms with Gasteiger partial charge >= 0.3 is 0 Å². The number of hydrogen-bond donors (Lipinski definition) is 0. The lowest BCUT2D eigenvalue weighted by Gasteiger charge is -1.99. The summed E-state index contributed by atoms with van der Waals surface area (Å²) in [5.74, 6) is 0. The molecule has 0 nitrogen and oxygen atoms in total. The van der Waals surface area contributed by atoms with Crippen molar-refractivity contribution in [2.45, 2.75) is 144 Å². The predicted octanol–water partition coefficient (Wildman–Crippen LogP) is 12.4. The summed E-state index contributed by atoms with van der Waals surface area (Å²) in [7, 11) is 0.998. The molecule has 0 aliphatic carbocycles. The summed E-state index contributed by atoms with van der Waals surface area (Å²) in [4.78, 5) is 0. The third-order valence-electron chi connectivity index (χ3n) is 1.55. The maximum atomic E-state index is 3.00. The second-order valence-corrected chi connectivity index (χ2v) is 3.97. The van der Waals surface area contributed by atoms with Crippen molar-refractivity contribution in [2.75, 3.05) is 6.66 Å². The van der Waals surface area contributed by atoms with Gasteiger partial charge in [0.05, 0.1) is 0 Å². The van der Waals surface area contributed by atoms with Gasteiger partial charge in [0.25, 0.3) is 0 Å². The average Bonchev–Trinajstić information content (AvgIpc) is 2.83. The largest absolute Gasteiger partial charge is 0.106 e. The topological polar surface area (TPSA) is 0 Å². The standard InChI is InChI=1S/C7H15P.C3H8.7C2H6.C2H4/c1-5-6(2)7(3)8-4;1-3-2;8*1-2/h8H,5H2,1-4H3;3H2,1-2H3;7*1-2H3;1-2H2/b7-6+;;;;;;;;;. The van der Waals surface area contributed by atoms with E-state index in [1.54, 1.807) is 10.9 Å². The molecule has 0 aliphatic heterocycles. The molecule has 0 saturated heterocycles. The number of allylic oxidation sites excluding steroid dienone is 2. The summed E-state index contributed by atoms with van der Waals surface area (Å²) >= 11 is 0. The molecule has 1 heteroatoms. The Morgan fingerprint density at radius 2 is 0.704 bits per heavy atom. The van der Waals surface area contributed by atoms with E-state index in [1.807, 2.05) is 96.9 Å². The molecule has 0 aliphatic rings. The molecule has 0 amide bonds. The van der Waals surface area contributed by atoms with Gasteiger partial charge in [0.2, 0.25) is 0 Å². The van der Waals surface area contributed by atoms with Crippen molar-refractivity contribution >= 4 is 8.58 Å². The fourth-order valence-electron chi connectivity index (χ4n) is 0.479. The van der Waals surface area contributed by atoms with Crippen molar-refractivity contribution in [3.63, 3.8) is 0 Å². The van der Waals surface area contributed by atoms with Crippen LogP contribution in [0.2, 0.25) is 0 Å². The van der Waals surface area contributed by atoms with Crippen LogP contribution in [0.25, 0.3) is 0 Å². The molecule has 0 spiro atoms. The Morgan fingerprint density at radius 3 is 0.741 bits per heavy atom. The predicted molar refractivity (Wildman–Crippen MR) is 150 cm³/mol. The molecule has 0 aromatic heterocycles. The summed E-state index contributed by atoms with van der Waals surface area (Å²) < 4.78 is 0. The fraction of sp³-hybridized carbons (Fsp3) is 0.846. The van der Waals surface area contributed by atoms with E-state index in [0.717, 1.165) is 8.58 Å². The second-order valence-electron chi connectivity index (χ2n) is 2.72. The molecule has 1 unspecified atom stereocenters. The van der Waals surface area contributed by atoms with Crippen molar-refractivity contribution in [3.8, 4) is 0 Å². The molecule has 0 fully saturated rings. The minimum atomic E-state index is 0.998. The van der Waals surface area contributed by atoms with Gasteiger partial charge in [-0.25, -0.2) is 0 Å². The molecule has 178 valence electrons. The first-order valence-corrected chi connectivity index (χ1v) is 13.5. The van der Waals surface area contributed by atoms with Crippen molar-refractivity contribution in [1.82, 2.24) is 0 Å². The summed E-state index contributed by atoms with van der Waals surface area (Å²) in [5, 5.41) is 1.58. The quantitative estimate of drug-likeness (QED) is 0.312. The Bertz CT molecular complexity index is 103. The first-order valence-electron chi connectivity index (χ1n) is 12.0. The molecule has 0 saturated carbocycles. The van der Waals surface area contributed by atoms with Crippen LogP contribution in [-0.2, 0) is 0 Å². The summed E-state index contributed by atoms with van der Waals surface area (Å²) in [6.07, 6.45) is 2.46. The van der Waals surface area contributed by atoms with Crippen molar-refractivity contribution in [2.24, 2.45) is 0 Å². The Balaban J connectivity index is -0.0000000164. The molecule has 0 heterocycles. The van der Waals surface area contributed by atoms with E-state index in [1.165, 1.54) is 12.8 Å². The van der Waals surface area contributed by atoms with Gasteiger partial charge < -0.3 is 0 Å². The zero-order chi connectivity index (χ0) is 25.3. The zero-order valence-electron chi connectivity index (χ0n) is 24.3. The van der Waals surface area contributed by atoms with E-state index < -0.39 is 0 Å². The average molecular weight is 413 g/mol. The van der Waals surface area contributed by atoms with Crippen LogP contribution in [0.3, 0.4) is 0 Å². The fourth-order valence-corrected chi connectivity index (χ4v) is 1.08. The molecule has 0 N–H and O–H groups in total. The Labute approximate surface area is 183 Å². The van der Waals surface area contributed by atoms with E-state index in [-0.39, 0.29) is 0 Å². The maximum Gasteiger partial charge on any atom is -0.0346 e. The first kappa shape index (κ1) is 63.2. The molecule has 0 aromatic carbocycles. The highest BCUT2D eigenvalue weighted by Gasteiger charge is 1.88. The van der Waals surface area contributed by atoms with Crippen LogP contribution in [0.15, 0.2) is 24.0 Å². The van der Waals surface area contributed by atoms with Crippen LogP contribution >= 0.6 is 8.58 Å². The summed E-state index contributed by atoms with van der Waals surface area (Å²) in [6.45, 7) is 47.1. The SMILES string of the molecule is C=C.CC.CC.CC.CC.CC.CC.CC.CC/C(C)=C(\C)PC.CCC. The lowest BCUT2D eigenvalue weighted by molar-refractivity contribution is 1.08. The summed E-state index contributed by atoms with van der Waals surface area (Å²) in [6, 6.07) is 0. The molecular weight excluding hydrogens is 343 g/mol. The highest BCUT2D eigenvalue weighted by Crippen LogP contribution is 2.22. The molecule has 0 radical (unpaired) electrons. The van der Waals surface area contributed by atoms with Gasteiger partial charge in [-0.1, -0.05) is 144 Å². The van der Waals surface area contributed by atoms with Crippen LogP contribution in [0.4, 0.5) is 0 Å².